The molecule has 2 aromatic carbocycles. The molecule has 3 rings (SSSR count). The maximum absolute atomic E-state index is 11.4. The lowest BCUT2D eigenvalue weighted by molar-refractivity contribution is -0.384. The van der Waals surface area contributed by atoms with Crippen LogP contribution < -0.4 is 5.32 Å². The fraction of sp³-hybridized carbons (Fsp3) is 0.100. The molecular formula is C20H17N3O3S2. The molecule has 0 fully saturated rings. The van der Waals surface area contributed by atoms with Gasteiger partial charge in [0.1, 0.15) is 0 Å². The number of nitrogens with zero attached hydrogens (tertiary/aromatic N) is 2. The predicted octanol–water partition coefficient (Wildman–Crippen LogP) is 5.57. The highest BCUT2D eigenvalue weighted by atomic mass is 32.2. The number of anilines is 1. The van der Waals surface area contributed by atoms with Crippen molar-refractivity contribution in [2.45, 2.75) is 11.8 Å². The monoisotopic (exact) mass is 411 g/mol. The highest BCUT2D eigenvalue weighted by Gasteiger charge is 2.12. The molecule has 1 N–H and O–H groups in total. The van der Waals surface area contributed by atoms with Crippen molar-refractivity contribution in [3.8, 4) is 10.4 Å². The number of hydrogen-bond acceptors (Lipinski definition) is 6. The van der Waals surface area contributed by atoms with Gasteiger partial charge in [-0.25, -0.2) is 4.98 Å². The lowest BCUT2D eigenvalue weighted by atomic mass is 10.1. The summed E-state index contributed by atoms with van der Waals surface area (Å²) in [6.07, 6.45) is 5.71. The predicted molar refractivity (Wildman–Crippen MR) is 116 cm³/mol. The van der Waals surface area contributed by atoms with Crippen LogP contribution in [0.1, 0.15) is 18.2 Å². The summed E-state index contributed by atoms with van der Waals surface area (Å²) in [7, 11) is 0. The van der Waals surface area contributed by atoms with Crippen LogP contribution in [0.4, 0.5) is 10.8 Å². The fourth-order valence-electron chi connectivity index (χ4n) is 2.48. The Kier molecular flexibility index (Phi) is 6.23. The highest BCUT2D eigenvalue weighted by molar-refractivity contribution is 7.98. The van der Waals surface area contributed by atoms with Gasteiger partial charge in [-0.2, -0.15) is 0 Å². The van der Waals surface area contributed by atoms with E-state index in [-0.39, 0.29) is 11.6 Å². The first-order valence-corrected chi connectivity index (χ1v) is 10.4. The van der Waals surface area contributed by atoms with Crippen LogP contribution in [-0.2, 0) is 4.79 Å². The van der Waals surface area contributed by atoms with Gasteiger partial charge in [-0.05, 0) is 47.7 Å². The first-order valence-electron chi connectivity index (χ1n) is 8.31. The number of carbonyl (C=O) groups excluding carboxylic acids is 1. The van der Waals surface area contributed by atoms with E-state index < -0.39 is 4.92 Å². The molecule has 0 radical (unpaired) electrons. The van der Waals surface area contributed by atoms with E-state index in [2.05, 4.69) is 10.3 Å². The molecule has 3 aromatic rings. The Balaban J connectivity index is 1.94. The number of aromatic nitrogens is 1. The molecule has 0 saturated heterocycles. The van der Waals surface area contributed by atoms with Crippen molar-refractivity contribution in [2.24, 2.45) is 0 Å². The zero-order chi connectivity index (χ0) is 20.1. The molecule has 6 nitrogen and oxygen atoms in total. The van der Waals surface area contributed by atoms with Gasteiger partial charge in [0, 0.05) is 24.0 Å². The molecule has 0 aliphatic heterocycles. The Morgan fingerprint density at radius 2 is 1.82 bits per heavy atom. The summed E-state index contributed by atoms with van der Waals surface area (Å²) in [6, 6.07) is 14.4. The molecular weight excluding hydrogens is 394 g/mol. The minimum atomic E-state index is -0.427. The molecule has 0 aliphatic rings. The maximum Gasteiger partial charge on any atom is 0.269 e. The number of non-ortho nitro benzene ring substituents is 1. The van der Waals surface area contributed by atoms with E-state index in [9.17, 15) is 14.9 Å². The number of nitro groups is 1. The highest BCUT2D eigenvalue weighted by Crippen LogP contribution is 2.35. The van der Waals surface area contributed by atoms with Gasteiger partial charge in [0.15, 0.2) is 5.13 Å². The number of thiazole rings is 1. The SMILES string of the molecule is CSc1ccc(-c2sc(NC(C)=O)nc2C=Cc2ccc([N+](=O)[O-])cc2)cc1. The quantitative estimate of drug-likeness (QED) is 0.326. The van der Waals surface area contributed by atoms with E-state index in [0.717, 1.165) is 21.7 Å². The molecule has 0 saturated carbocycles. The Bertz CT molecular complexity index is 1030. The Labute approximate surface area is 170 Å². The third kappa shape index (κ3) is 4.85. The standard InChI is InChI=1S/C20H17N3O3S2/c1-13(24)21-20-22-18(12-5-14-3-8-16(9-4-14)23(25)26)19(28-20)15-6-10-17(27-2)11-7-15/h3-12H,1-2H3,(H,21,22,24). The summed E-state index contributed by atoms with van der Waals surface area (Å²) in [4.78, 5) is 28.4. The van der Waals surface area contributed by atoms with Crippen LogP contribution in [0.3, 0.4) is 0 Å². The molecule has 0 spiro atoms. The summed E-state index contributed by atoms with van der Waals surface area (Å²) in [6.45, 7) is 1.45. The second-order valence-electron chi connectivity index (χ2n) is 5.83. The molecule has 1 amide bonds. The van der Waals surface area contributed by atoms with Crippen LogP contribution in [0, 0.1) is 10.1 Å². The Hall–Kier alpha value is -2.97. The molecule has 1 aromatic heterocycles. The van der Waals surface area contributed by atoms with E-state index in [1.54, 1.807) is 23.9 Å². The molecule has 28 heavy (non-hydrogen) atoms. The van der Waals surface area contributed by atoms with Gasteiger partial charge in [-0.15, -0.1) is 11.8 Å². The van der Waals surface area contributed by atoms with Crippen molar-refractivity contribution in [3.63, 3.8) is 0 Å². The van der Waals surface area contributed by atoms with Gasteiger partial charge in [0.25, 0.3) is 5.69 Å². The van der Waals surface area contributed by atoms with Crippen molar-refractivity contribution in [2.75, 3.05) is 11.6 Å². The van der Waals surface area contributed by atoms with Crippen LogP contribution in [0.2, 0.25) is 0 Å². The van der Waals surface area contributed by atoms with Crippen LogP contribution >= 0.6 is 23.1 Å². The number of amides is 1. The van der Waals surface area contributed by atoms with Crippen molar-refractivity contribution in [1.29, 1.82) is 0 Å². The molecule has 0 bridgehead atoms. The molecule has 0 aliphatic carbocycles. The van der Waals surface area contributed by atoms with E-state index in [0.29, 0.717) is 5.13 Å². The third-order valence-electron chi connectivity index (χ3n) is 3.83. The zero-order valence-electron chi connectivity index (χ0n) is 15.2. The lowest BCUT2D eigenvalue weighted by Crippen LogP contribution is -2.04. The van der Waals surface area contributed by atoms with Crippen LogP contribution in [0.25, 0.3) is 22.6 Å². The number of thioether (sulfide) groups is 1. The normalized spacial score (nSPS) is 10.9. The molecule has 0 atom stereocenters. The van der Waals surface area contributed by atoms with Crippen LogP contribution in [-0.4, -0.2) is 22.1 Å². The molecule has 142 valence electrons. The largest absolute Gasteiger partial charge is 0.302 e. The number of nitrogens with one attached hydrogen (secondary N) is 1. The number of rotatable bonds is 6. The summed E-state index contributed by atoms with van der Waals surface area (Å²) in [5.74, 6) is -0.177. The van der Waals surface area contributed by atoms with Crippen LogP contribution in [0.15, 0.2) is 53.4 Å². The Morgan fingerprint density at radius 3 is 2.39 bits per heavy atom. The first-order chi connectivity index (χ1) is 13.5. The van der Waals surface area contributed by atoms with Gasteiger partial charge in [0.2, 0.25) is 5.91 Å². The van der Waals surface area contributed by atoms with Crippen molar-refractivity contribution in [1.82, 2.24) is 4.98 Å². The van der Waals surface area contributed by atoms with Crippen molar-refractivity contribution >= 4 is 52.0 Å². The van der Waals surface area contributed by atoms with Gasteiger partial charge >= 0.3 is 0 Å². The fourth-order valence-corrected chi connectivity index (χ4v) is 3.89. The summed E-state index contributed by atoms with van der Waals surface area (Å²) in [5.41, 5.74) is 2.61. The number of benzene rings is 2. The zero-order valence-corrected chi connectivity index (χ0v) is 16.8. The van der Waals surface area contributed by atoms with E-state index >= 15 is 0 Å². The number of carbonyl (C=O) groups is 1. The molecule has 1 heterocycles. The number of nitro benzene ring substituents is 1. The molecule has 8 heteroatoms. The smallest absolute Gasteiger partial charge is 0.269 e. The van der Waals surface area contributed by atoms with E-state index in [1.807, 2.05) is 42.7 Å². The average molecular weight is 412 g/mol. The van der Waals surface area contributed by atoms with E-state index in [4.69, 9.17) is 0 Å². The van der Waals surface area contributed by atoms with Crippen molar-refractivity contribution in [3.05, 3.63) is 69.9 Å². The third-order valence-corrected chi connectivity index (χ3v) is 5.61. The number of hydrogen-bond donors (Lipinski definition) is 1. The van der Waals surface area contributed by atoms with Gasteiger partial charge in [-0.3, -0.25) is 14.9 Å². The lowest BCUT2D eigenvalue weighted by Gasteiger charge is -2.01. The summed E-state index contributed by atoms with van der Waals surface area (Å²) < 4.78 is 0. The van der Waals surface area contributed by atoms with Gasteiger partial charge < -0.3 is 5.32 Å². The minimum absolute atomic E-state index is 0.0494. The summed E-state index contributed by atoms with van der Waals surface area (Å²) in [5, 5.41) is 14.0. The average Bonchev–Trinajstić information content (AvgIpc) is 3.08. The first kappa shape index (κ1) is 19.8. The minimum Gasteiger partial charge on any atom is -0.302 e. The molecule has 0 unspecified atom stereocenters. The second-order valence-corrected chi connectivity index (χ2v) is 7.70. The van der Waals surface area contributed by atoms with Crippen molar-refractivity contribution < 1.29 is 9.72 Å². The van der Waals surface area contributed by atoms with Crippen LogP contribution in [0.5, 0.6) is 0 Å². The second kappa shape index (κ2) is 8.81. The van der Waals surface area contributed by atoms with Gasteiger partial charge in [-0.1, -0.05) is 29.5 Å². The summed E-state index contributed by atoms with van der Waals surface area (Å²) >= 11 is 3.08. The Morgan fingerprint density at radius 1 is 1.14 bits per heavy atom. The van der Waals surface area contributed by atoms with Gasteiger partial charge in [0.05, 0.1) is 15.5 Å². The maximum atomic E-state index is 11.4. The van der Waals surface area contributed by atoms with E-state index in [1.165, 1.54) is 35.3 Å². The topological polar surface area (TPSA) is 85.1 Å².